The Morgan fingerprint density at radius 1 is 1.15 bits per heavy atom. The van der Waals surface area contributed by atoms with E-state index in [-0.39, 0.29) is 5.41 Å². The molecule has 13 heavy (non-hydrogen) atoms. The molecule has 0 rings (SSSR count). The van der Waals surface area contributed by atoms with Gasteiger partial charge in [-0.3, -0.25) is 0 Å². The average Bonchev–Trinajstić information content (AvgIpc) is 1.83. The summed E-state index contributed by atoms with van der Waals surface area (Å²) in [4.78, 5) is 0. The Morgan fingerprint density at radius 3 is 1.85 bits per heavy atom. The first-order valence-electron chi connectivity index (χ1n) is 5.02. The van der Waals surface area contributed by atoms with Gasteiger partial charge >= 0.3 is 0 Å². The predicted molar refractivity (Wildman–Crippen MR) is 61.8 cm³/mol. The van der Waals surface area contributed by atoms with E-state index < -0.39 is 0 Å². The van der Waals surface area contributed by atoms with E-state index in [0.29, 0.717) is 5.41 Å². The van der Waals surface area contributed by atoms with E-state index in [2.05, 4.69) is 54.2 Å². The van der Waals surface area contributed by atoms with Crippen molar-refractivity contribution in [3.05, 3.63) is 24.3 Å². The van der Waals surface area contributed by atoms with Crippen molar-refractivity contribution in [3.63, 3.8) is 0 Å². The van der Waals surface area contributed by atoms with E-state index in [9.17, 15) is 0 Å². The molecule has 0 aliphatic rings. The van der Waals surface area contributed by atoms with Gasteiger partial charge in [0.1, 0.15) is 0 Å². The number of hydrogen-bond donors (Lipinski definition) is 0. The van der Waals surface area contributed by atoms with Crippen LogP contribution in [0, 0.1) is 10.8 Å². The zero-order valence-electron chi connectivity index (χ0n) is 10.1. The van der Waals surface area contributed by atoms with Gasteiger partial charge < -0.3 is 0 Å². The van der Waals surface area contributed by atoms with E-state index in [1.165, 1.54) is 12.0 Å². The van der Waals surface area contributed by atoms with Crippen LogP contribution in [-0.2, 0) is 0 Å². The minimum absolute atomic E-state index is 0.245. The molecule has 0 saturated carbocycles. The third kappa shape index (κ3) is 4.31. The molecule has 0 saturated heterocycles. The molecule has 0 atom stereocenters. The Morgan fingerprint density at radius 2 is 1.62 bits per heavy atom. The van der Waals surface area contributed by atoms with Crippen LogP contribution in [0.25, 0.3) is 0 Å². The molecule has 0 bridgehead atoms. The highest BCUT2D eigenvalue weighted by Gasteiger charge is 2.27. The summed E-state index contributed by atoms with van der Waals surface area (Å²) >= 11 is 0. The Kier molecular flexibility index (Phi) is 3.96. The highest BCUT2D eigenvalue weighted by Crippen LogP contribution is 2.38. The molecule has 0 aromatic rings. The lowest BCUT2D eigenvalue weighted by Crippen LogP contribution is -2.22. The van der Waals surface area contributed by atoms with Crippen LogP contribution < -0.4 is 0 Å². The molecule has 76 valence electrons. The molecule has 0 nitrogen and oxygen atoms in total. The summed E-state index contributed by atoms with van der Waals surface area (Å²) in [6.07, 6.45) is 5.33. The minimum atomic E-state index is 0.245. The summed E-state index contributed by atoms with van der Waals surface area (Å²) in [5.74, 6) is 0. The van der Waals surface area contributed by atoms with Crippen molar-refractivity contribution in [3.8, 4) is 0 Å². The van der Waals surface area contributed by atoms with Crippen molar-refractivity contribution in [1.29, 1.82) is 0 Å². The Labute approximate surface area is 83.7 Å². The highest BCUT2D eigenvalue weighted by molar-refractivity contribution is 5.23. The van der Waals surface area contributed by atoms with Crippen molar-refractivity contribution >= 4 is 0 Å². The predicted octanol–water partition coefficient (Wildman–Crippen LogP) is 4.58. The normalized spacial score (nSPS) is 14.5. The van der Waals surface area contributed by atoms with Gasteiger partial charge in [0.25, 0.3) is 0 Å². The van der Waals surface area contributed by atoms with E-state index >= 15 is 0 Å². The standard InChI is InChI=1S/C13H24/c1-8-11(9-2)13(6,7)10-12(3,4)5/h8-9H,1,10H2,2-7H3/b11-9+. The van der Waals surface area contributed by atoms with Crippen LogP contribution in [0.5, 0.6) is 0 Å². The average molecular weight is 180 g/mol. The summed E-state index contributed by atoms with van der Waals surface area (Å²) in [5.41, 5.74) is 1.97. The van der Waals surface area contributed by atoms with Crippen LogP contribution in [0.4, 0.5) is 0 Å². The van der Waals surface area contributed by atoms with Gasteiger partial charge in [-0.1, -0.05) is 53.3 Å². The van der Waals surface area contributed by atoms with Crippen LogP contribution in [0.3, 0.4) is 0 Å². The molecular formula is C13H24. The van der Waals surface area contributed by atoms with Crippen LogP contribution >= 0.6 is 0 Å². The third-order valence-corrected chi connectivity index (χ3v) is 2.28. The Bertz CT molecular complexity index is 199. The molecule has 0 aliphatic carbocycles. The lowest BCUT2D eigenvalue weighted by Gasteiger charge is -2.33. The van der Waals surface area contributed by atoms with Crippen LogP contribution in [0.2, 0.25) is 0 Å². The SMILES string of the molecule is C=C/C(=C\C)C(C)(C)CC(C)(C)C. The van der Waals surface area contributed by atoms with Gasteiger partial charge in [0.15, 0.2) is 0 Å². The molecule has 0 spiro atoms. The quantitative estimate of drug-likeness (QED) is 0.558. The topological polar surface area (TPSA) is 0 Å². The molecule has 0 aromatic heterocycles. The van der Waals surface area contributed by atoms with E-state index in [1.54, 1.807) is 0 Å². The maximum absolute atomic E-state index is 3.86. The number of hydrogen-bond acceptors (Lipinski definition) is 0. The number of rotatable bonds is 3. The van der Waals surface area contributed by atoms with Crippen LogP contribution in [0.1, 0.15) is 48.0 Å². The van der Waals surface area contributed by atoms with Crippen LogP contribution in [-0.4, -0.2) is 0 Å². The maximum atomic E-state index is 3.86. The van der Waals surface area contributed by atoms with Crippen molar-refractivity contribution in [2.75, 3.05) is 0 Å². The van der Waals surface area contributed by atoms with Gasteiger partial charge in [0.05, 0.1) is 0 Å². The molecule has 0 radical (unpaired) electrons. The molecular weight excluding hydrogens is 156 g/mol. The lowest BCUT2D eigenvalue weighted by molar-refractivity contribution is 0.253. The summed E-state index contributed by atoms with van der Waals surface area (Å²) < 4.78 is 0. The second kappa shape index (κ2) is 4.13. The van der Waals surface area contributed by atoms with Gasteiger partial charge in [0, 0.05) is 0 Å². The fourth-order valence-corrected chi connectivity index (χ4v) is 2.21. The van der Waals surface area contributed by atoms with Gasteiger partial charge in [-0.05, 0) is 29.7 Å². The second-order valence-corrected chi connectivity index (χ2v) is 5.57. The Balaban J connectivity index is 4.66. The first-order chi connectivity index (χ1) is 5.73. The molecule has 0 unspecified atom stereocenters. The maximum Gasteiger partial charge on any atom is -0.0102 e. The summed E-state index contributed by atoms with van der Waals surface area (Å²) in [6.45, 7) is 17.4. The van der Waals surface area contributed by atoms with E-state index in [0.717, 1.165) is 0 Å². The van der Waals surface area contributed by atoms with Crippen molar-refractivity contribution < 1.29 is 0 Å². The molecule has 0 amide bonds. The zero-order valence-corrected chi connectivity index (χ0v) is 10.1. The highest BCUT2D eigenvalue weighted by atomic mass is 14.3. The lowest BCUT2D eigenvalue weighted by atomic mass is 9.72. The van der Waals surface area contributed by atoms with E-state index in [4.69, 9.17) is 0 Å². The Hall–Kier alpha value is -0.520. The van der Waals surface area contributed by atoms with Crippen molar-refractivity contribution in [1.82, 2.24) is 0 Å². The minimum Gasteiger partial charge on any atom is -0.0988 e. The smallest absolute Gasteiger partial charge is 0.0102 e. The summed E-state index contributed by atoms with van der Waals surface area (Å²) in [5, 5.41) is 0. The largest absolute Gasteiger partial charge is 0.0988 e. The number of allylic oxidation sites excluding steroid dienone is 3. The van der Waals surface area contributed by atoms with Gasteiger partial charge in [-0.25, -0.2) is 0 Å². The molecule has 0 aliphatic heterocycles. The van der Waals surface area contributed by atoms with E-state index in [1.807, 2.05) is 6.08 Å². The summed E-state index contributed by atoms with van der Waals surface area (Å²) in [7, 11) is 0. The van der Waals surface area contributed by atoms with Crippen LogP contribution in [0.15, 0.2) is 24.3 Å². The molecule has 0 heteroatoms. The second-order valence-electron chi connectivity index (χ2n) is 5.57. The van der Waals surface area contributed by atoms with Gasteiger partial charge in [0.2, 0.25) is 0 Å². The molecule has 0 N–H and O–H groups in total. The molecule has 0 aromatic carbocycles. The fraction of sp³-hybridized carbons (Fsp3) is 0.692. The van der Waals surface area contributed by atoms with Gasteiger partial charge in [-0.2, -0.15) is 0 Å². The molecule has 0 heterocycles. The molecule has 0 fully saturated rings. The zero-order chi connectivity index (χ0) is 10.7. The summed E-state index contributed by atoms with van der Waals surface area (Å²) in [6, 6.07) is 0. The third-order valence-electron chi connectivity index (χ3n) is 2.28. The first kappa shape index (κ1) is 12.5. The van der Waals surface area contributed by atoms with Crippen molar-refractivity contribution in [2.24, 2.45) is 10.8 Å². The fourth-order valence-electron chi connectivity index (χ4n) is 2.21. The monoisotopic (exact) mass is 180 g/mol. The first-order valence-corrected chi connectivity index (χ1v) is 5.02. The van der Waals surface area contributed by atoms with Gasteiger partial charge in [-0.15, -0.1) is 0 Å². The van der Waals surface area contributed by atoms with Crippen molar-refractivity contribution in [2.45, 2.75) is 48.0 Å².